The van der Waals surface area contributed by atoms with Crippen LogP contribution in [0.3, 0.4) is 0 Å². The van der Waals surface area contributed by atoms with Crippen LogP contribution < -0.4 is 5.56 Å². The second-order valence-electron chi connectivity index (χ2n) is 8.51. The molecule has 0 radical (unpaired) electrons. The summed E-state index contributed by atoms with van der Waals surface area (Å²) in [7, 11) is 1.81. The lowest BCUT2D eigenvalue weighted by Crippen LogP contribution is -2.28. The van der Waals surface area contributed by atoms with E-state index in [9.17, 15) is 9.59 Å². The molecule has 1 aliphatic carbocycles. The fourth-order valence-electron chi connectivity index (χ4n) is 4.17. The van der Waals surface area contributed by atoms with E-state index < -0.39 is 0 Å². The van der Waals surface area contributed by atoms with Gasteiger partial charge in [-0.2, -0.15) is 0 Å². The number of thiophene rings is 2. The Morgan fingerprint density at radius 2 is 2.24 bits per heavy atom. The van der Waals surface area contributed by atoms with Crippen LogP contribution >= 0.6 is 34.4 Å². The van der Waals surface area contributed by atoms with Crippen molar-refractivity contribution in [1.82, 2.24) is 14.5 Å². The minimum atomic E-state index is -0.0367. The molecule has 6 nitrogen and oxygen atoms in total. The fraction of sp³-hybridized carbons (Fsp3) is 0.375. The predicted molar refractivity (Wildman–Crippen MR) is 134 cm³/mol. The third kappa shape index (κ3) is 4.67. The van der Waals surface area contributed by atoms with Crippen molar-refractivity contribution in [2.24, 2.45) is 5.92 Å². The molecular formula is C24H25N3O3S3. The maximum Gasteiger partial charge on any atom is 0.263 e. The van der Waals surface area contributed by atoms with Gasteiger partial charge < -0.3 is 9.32 Å². The molecule has 1 aliphatic rings. The van der Waals surface area contributed by atoms with E-state index in [1.54, 1.807) is 38.4 Å². The Morgan fingerprint density at radius 1 is 1.36 bits per heavy atom. The average Bonchev–Trinajstić information content (AvgIpc) is 3.55. The zero-order valence-electron chi connectivity index (χ0n) is 18.6. The number of carbonyl (C=O) groups is 1. The molecule has 0 aliphatic heterocycles. The standard InChI is InChI=1S/C24H25N3O3S3/c1-15-7-8-18-19(11-15)33-22-21(18)23(29)27(12-16-5-3-9-30-16)24(25-22)32-14-20(28)26(2)13-17-6-4-10-31-17/h3-6,9-10,15H,7-8,11-14H2,1-2H3. The lowest BCUT2D eigenvalue weighted by atomic mass is 9.89. The molecule has 4 aromatic heterocycles. The molecular weight excluding hydrogens is 474 g/mol. The molecule has 0 bridgehead atoms. The van der Waals surface area contributed by atoms with Crippen molar-refractivity contribution >= 4 is 50.6 Å². The second kappa shape index (κ2) is 9.48. The van der Waals surface area contributed by atoms with Crippen molar-refractivity contribution < 1.29 is 9.21 Å². The number of fused-ring (bicyclic) bond motifs is 3. The van der Waals surface area contributed by atoms with Crippen LogP contribution in [0.4, 0.5) is 0 Å². The molecule has 0 fully saturated rings. The number of nitrogens with zero attached hydrogens (tertiary/aromatic N) is 3. The summed E-state index contributed by atoms with van der Waals surface area (Å²) in [4.78, 5) is 36.3. The molecule has 172 valence electrons. The van der Waals surface area contributed by atoms with E-state index in [1.165, 1.54) is 22.2 Å². The molecule has 0 aromatic carbocycles. The smallest absolute Gasteiger partial charge is 0.263 e. The molecule has 5 rings (SSSR count). The normalized spacial score (nSPS) is 15.6. The number of carbonyl (C=O) groups excluding carboxylic acids is 1. The highest BCUT2D eigenvalue weighted by Crippen LogP contribution is 2.36. The molecule has 33 heavy (non-hydrogen) atoms. The molecule has 0 spiro atoms. The van der Waals surface area contributed by atoms with Gasteiger partial charge in [-0.05, 0) is 54.3 Å². The van der Waals surface area contributed by atoms with Gasteiger partial charge in [0.1, 0.15) is 10.6 Å². The first-order valence-corrected chi connectivity index (χ1v) is 13.6. The first-order valence-electron chi connectivity index (χ1n) is 11.0. The van der Waals surface area contributed by atoms with E-state index in [0.717, 1.165) is 34.4 Å². The van der Waals surface area contributed by atoms with E-state index in [0.29, 0.717) is 29.9 Å². The third-order valence-corrected chi connectivity index (χ3v) is 8.97. The third-order valence-electron chi connectivity index (χ3n) is 6.00. The van der Waals surface area contributed by atoms with Crippen molar-refractivity contribution in [2.45, 2.75) is 44.4 Å². The number of furan rings is 1. The van der Waals surface area contributed by atoms with Crippen molar-refractivity contribution in [2.75, 3.05) is 12.8 Å². The van der Waals surface area contributed by atoms with E-state index >= 15 is 0 Å². The Hall–Kier alpha value is -2.36. The van der Waals surface area contributed by atoms with Crippen LogP contribution in [0, 0.1) is 5.92 Å². The lowest BCUT2D eigenvalue weighted by molar-refractivity contribution is -0.127. The highest BCUT2D eigenvalue weighted by atomic mass is 32.2. The van der Waals surface area contributed by atoms with Crippen molar-refractivity contribution in [1.29, 1.82) is 0 Å². The molecule has 0 N–H and O–H groups in total. The summed E-state index contributed by atoms with van der Waals surface area (Å²) < 4.78 is 7.19. The minimum absolute atomic E-state index is 0.00610. The lowest BCUT2D eigenvalue weighted by Gasteiger charge is -2.18. The van der Waals surface area contributed by atoms with Crippen LogP contribution in [0.2, 0.25) is 0 Å². The van der Waals surface area contributed by atoms with Gasteiger partial charge in [0.2, 0.25) is 5.91 Å². The van der Waals surface area contributed by atoms with Crippen molar-refractivity contribution in [3.05, 3.63) is 67.3 Å². The predicted octanol–water partition coefficient (Wildman–Crippen LogP) is 5.04. The van der Waals surface area contributed by atoms with E-state index in [2.05, 4.69) is 6.92 Å². The SMILES string of the molecule is CC1CCc2c(sc3nc(SCC(=O)N(C)Cc4cccs4)n(Cc4ccco4)c(=O)c23)C1. The van der Waals surface area contributed by atoms with Gasteiger partial charge in [0.05, 0.1) is 30.5 Å². The maximum atomic E-state index is 13.7. The van der Waals surface area contributed by atoms with E-state index in [1.807, 2.05) is 36.7 Å². The number of hydrogen-bond donors (Lipinski definition) is 0. The quantitative estimate of drug-likeness (QED) is 0.263. The summed E-state index contributed by atoms with van der Waals surface area (Å²) in [5.74, 6) is 1.55. The van der Waals surface area contributed by atoms with Gasteiger partial charge >= 0.3 is 0 Å². The van der Waals surface area contributed by atoms with Gasteiger partial charge in [0, 0.05) is 16.8 Å². The molecule has 0 saturated carbocycles. The van der Waals surface area contributed by atoms with Crippen molar-refractivity contribution in [3.63, 3.8) is 0 Å². The van der Waals surface area contributed by atoms with Gasteiger partial charge in [0.25, 0.3) is 5.56 Å². The summed E-state index contributed by atoms with van der Waals surface area (Å²) in [5, 5.41) is 3.32. The van der Waals surface area contributed by atoms with Crippen LogP contribution in [0.25, 0.3) is 10.2 Å². The minimum Gasteiger partial charge on any atom is -0.467 e. The van der Waals surface area contributed by atoms with Crippen LogP contribution in [0.15, 0.2) is 50.3 Å². The number of thioether (sulfide) groups is 1. The van der Waals surface area contributed by atoms with E-state index in [4.69, 9.17) is 9.40 Å². The largest absolute Gasteiger partial charge is 0.467 e. The summed E-state index contributed by atoms with van der Waals surface area (Å²) in [6.07, 6.45) is 4.63. The number of rotatable bonds is 7. The van der Waals surface area contributed by atoms with Gasteiger partial charge in [-0.15, -0.1) is 22.7 Å². The Morgan fingerprint density at radius 3 is 3.00 bits per heavy atom. The molecule has 1 unspecified atom stereocenters. The Bertz CT molecular complexity index is 1320. The van der Waals surface area contributed by atoms with Gasteiger partial charge in [-0.25, -0.2) is 4.98 Å². The summed E-state index contributed by atoms with van der Waals surface area (Å²) >= 11 is 4.60. The molecule has 0 saturated heterocycles. The molecule has 9 heteroatoms. The number of aromatic nitrogens is 2. The Balaban J connectivity index is 1.46. The number of hydrogen-bond acceptors (Lipinski definition) is 7. The Labute approximate surface area is 204 Å². The summed E-state index contributed by atoms with van der Waals surface area (Å²) in [6, 6.07) is 7.68. The molecule has 4 heterocycles. The van der Waals surface area contributed by atoms with Crippen LogP contribution in [0.5, 0.6) is 0 Å². The first-order chi connectivity index (χ1) is 16.0. The molecule has 1 atom stereocenters. The van der Waals surface area contributed by atoms with E-state index in [-0.39, 0.29) is 17.2 Å². The van der Waals surface area contributed by atoms with Gasteiger partial charge in [-0.3, -0.25) is 14.2 Å². The fourth-order valence-corrected chi connectivity index (χ4v) is 7.29. The first kappa shape index (κ1) is 22.4. The zero-order valence-corrected chi connectivity index (χ0v) is 21.0. The number of aryl methyl sites for hydroxylation is 1. The highest BCUT2D eigenvalue weighted by molar-refractivity contribution is 7.99. The summed E-state index contributed by atoms with van der Waals surface area (Å²) in [6.45, 7) is 3.14. The topological polar surface area (TPSA) is 68.3 Å². The van der Waals surface area contributed by atoms with Crippen LogP contribution in [-0.2, 0) is 30.7 Å². The average molecular weight is 500 g/mol. The monoisotopic (exact) mass is 499 g/mol. The second-order valence-corrected chi connectivity index (χ2v) is 11.6. The zero-order chi connectivity index (χ0) is 22.9. The van der Waals surface area contributed by atoms with Crippen molar-refractivity contribution in [3.8, 4) is 0 Å². The number of amides is 1. The Kier molecular flexibility index (Phi) is 6.44. The van der Waals surface area contributed by atoms with Gasteiger partial charge in [-0.1, -0.05) is 24.8 Å². The summed E-state index contributed by atoms with van der Waals surface area (Å²) in [5.41, 5.74) is 1.13. The maximum absolute atomic E-state index is 13.7. The van der Waals surface area contributed by atoms with Gasteiger partial charge in [0.15, 0.2) is 5.16 Å². The van der Waals surface area contributed by atoms with Crippen LogP contribution in [0.1, 0.15) is 34.4 Å². The highest BCUT2D eigenvalue weighted by Gasteiger charge is 2.25. The van der Waals surface area contributed by atoms with Crippen LogP contribution in [-0.4, -0.2) is 33.2 Å². The molecule has 1 amide bonds. The molecule has 4 aromatic rings.